The van der Waals surface area contributed by atoms with Crippen LogP contribution >= 0.6 is 0 Å². The van der Waals surface area contributed by atoms with Crippen molar-refractivity contribution in [2.24, 2.45) is 0 Å². The number of unbranched alkanes of at least 4 members (excludes halogenated alkanes) is 1. The van der Waals surface area contributed by atoms with Gasteiger partial charge in [-0.05, 0) is 24.8 Å². The molecule has 0 aliphatic carbocycles. The van der Waals surface area contributed by atoms with E-state index in [2.05, 4.69) is 24.3 Å². The average molecular weight is 236 g/mol. The van der Waals surface area contributed by atoms with Gasteiger partial charge in [0.1, 0.15) is 0 Å². The molecule has 3 nitrogen and oxygen atoms in total. The second-order valence-corrected chi connectivity index (χ2v) is 4.19. The first kappa shape index (κ1) is 12.6. The van der Waals surface area contributed by atoms with Crippen LogP contribution in [-0.2, 0) is 20.6 Å². The maximum Gasteiger partial charge on any atom is 0.180 e. The van der Waals surface area contributed by atoms with E-state index in [1.165, 1.54) is 5.56 Å². The molecule has 0 spiro atoms. The molecule has 2 rings (SSSR count). The van der Waals surface area contributed by atoms with E-state index in [0.29, 0.717) is 19.8 Å². The van der Waals surface area contributed by atoms with Gasteiger partial charge in [-0.1, -0.05) is 30.3 Å². The van der Waals surface area contributed by atoms with Crippen molar-refractivity contribution in [3.05, 3.63) is 35.9 Å². The molecule has 0 N–H and O–H groups in total. The Morgan fingerprint density at radius 2 is 2.00 bits per heavy atom. The number of benzene rings is 1. The molecule has 1 saturated heterocycles. The molecule has 0 bridgehead atoms. The van der Waals surface area contributed by atoms with Crippen molar-refractivity contribution < 1.29 is 14.2 Å². The molecule has 0 amide bonds. The van der Waals surface area contributed by atoms with Crippen molar-refractivity contribution in [1.82, 2.24) is 0 Å². The monoisotopic (exact) mass is 236 g/mol. The minimum atomic E-state index is -0.152. The van der Waals surface area contributed by atoms with E-state index in [1.54, 1.807) is 0 Å². The predicted octanol–water partition coefficient (Wildman–Crippen LogP) is 2.40. The molecular formula is C14H20O3. The molecule has 1 aliphatic rings. The molecule has 1 atom stereocenters. The summed E-state index contributed by atoms with van der Waals surface area (Å²) in [4.78, 5) is 0. The predicted molar refractivity (Wildman–Crippen MR) is 65.9 cm³/mol. The maximum absolute atomic E-state index is 5.57. The molecule has 17 heavy (non-hydrogen) atoms. The second kappa shape index (κ2) is 7.43. The molecule has 1 aromatic carbocycles. The summed E-state index contributed by atoms with van der Waals surface area (Å²) >= 11 is 0. The third kappa shape index (κ3) is 4.86. The lowest BCUT2D eigenvalue weighted by Gasteiger charge is -2.22. The summed E-state index contributed by atoms with van der Waals surface area (Å²) in [6, 6.07) is 10.5. The average Bonchev–Trinajstić information content (AvgIpc) is 2.41. The fraction of sp³-hybridized carbons (Fsp3) is 0.571. The molecule has 0 aromatic heterocycles. The highest BCUT2D eigenvalue weighted by atomic mass is 16.7. The number of hydrogen-bond acceptors (Lipinski definition) is 3. The molecule has 1 fully saturated rings. The molecule has 0 radical (unpaired) electrons. The maximum atomic E-state index is 5.57. The van der Waals surface area contributed by atoms with E-state index in [-0.39, 0.29) is 6.29 Å². The van der Waals surface area contributed by atoms with Crippen molar-refractivity contribution in [2.75, 3.05) is 26.4 Å². The van der Waals surface area contributed by atoms with Crippen LogP contribution in [0.3, 0.4) is 0 Å². The van der Waals surface area contributed by atoms with Gasteiger partial charge in [0.05, 0.1) is 19.8 Å². The van der Waals surface area contributed by atoms with E-state index < -0.39 is 0 Å². The second-order valence-electron chi connectivity index (χ2n) is 4.19. The van der Waals surface area contributed by atoms with Crippen LogP contribution in [0.25, 0.3) is 0 Å². The van der Waals surface area contributed by atoms with Crippen molar-refractivity contribution >= 4 is 0 Å². The summed E-state index contributed by atoms with van der Waals surface area (Å²) in [6.07, 6.45) is 3.18. The summed E-state index contributed by atoms with van der Waals surface area (Å²) in [7, 11) is 0. The van der Waals surface area contributed by atoms with Crippen LogP contribution in [0.15, 0.2) is 30.3 Å². The van der Waals surface area contributed by atoms with Gasteiger partial charge in [-0.15, -0.1) is 0 Å². The molecule has 1 aliphatic heterocycles. The van der Waals surface area contributed by atoms with Crippen LogP contribution < -0.4 is 0 Å². The van der Waals surface area contributed by atoms with Gasteiger partial charge in [-0.25, -0.2) is 0 Å². The first-order valence-corrected chi connectivity index (χ1v) is 6.30. The number of ether oxygens (including phenoxy) is 3. The highest BCUT2D eigenvalue weighted by molar-refractivity contribution is 5.14. The lowest BCUT2D eigenvalue weighted by atomic mass is 10.1. The number of rotatable bonds is 6. The minimum absolute atomic E-state index is 0.152. The standard InChI is InChI=1S/C14H20O3/c1-2-6-13(7-3-1)8-4-5-9-16-14-12-15-10-11-17-14/h1-3,6-7,14H,4-5,8-12H2/t14-/m0/s1. The highest BCUT2D eigenvalue weighted by Crippen LogP contribution is 2.07. The van der Waals surface area contributed by atoms with Crippen molar-refractivity contribution in [2.45, 2.75) is 25.6 Å². The largest absolute Gasteiger partial charge is 0.374 e. The van der Waals surface area contributed by atoms with E-state index in [4.69, 9.17) is 14.2 Å². The van der Waals surface area contributed by atoms with Crippen LogP contribution in [0, 0.1) is 0 Å². The van der Waals surface area contributed by atoms with E-state index in [1.807, 2.05) is 6.07 Å². The van der Waals surface area contributed by atoms with Gasteiger partial charge < -0.3 is 14.2 Å². The molecular weight excluding hydrogens is 216 g/mol. The van der Waals surface area contributed by atoms with Gasteiger partial charge in [0.2, 0.25) is 0 Å². The Hall–Kier alpha value is -0.900. The highest BCUT2D eigenvalue weighted by Gasteiger charge is 2.13. The minimum Gasteiger partial charge on any atom is -0.374 e. The SMILES string of the molecule is c1ccc(CCCCO[C@@H]2COCCO2)cc1. The van der Waals surface area contributed by atoms with Gasteiger partial charge in [0, 0.05) is 6.61 Å². The molecule has 1 aromatic rings. The molecule has 1 heterocycles. The zero-order valence-electron chi connectivity index (χ0n) is 10.1. The Morgan fingerprint density at radius 1 is 1.12 bits per heavy atom. The normalized spacial score (nSPS) is 20.4. The van der Waals surface area contributed by atoms with Gasteiger partial charge in [-0.2, -0.15) is 0 Å². The number of aryl methyl sites for hydroxylation is 1. The summed E-state index contributed by atoms with van der Waals surface area (Å²) < 4.78 is 16.2. The summed E-state index contributed by atoms with van der Waals surface area (Å²) in [5.41, 5.74) is 1.39. The number of hydrogen-bond donors (Lipinski definition) is 0. The van der Waals surface area contributed by atoms with E-state index >= 15 is 0 Å². The van der Waals surface area contributed by atoms with Crippen LogP contribution in [0.4, 0.5) is 0 Å². The topological polar surface area (TPSA) is 27.7 Å². The first-order valence-electron chi connectivity index (χ1n) is 6.30. The van der Waals surface area contributed by atoms with Crippen LogP contribution in [0.2, 0.25) is 0 Å². The van der Waals surface area contributed by atoms with Crippen LogP contribution in [-0.4, -0.2) is 32.7 Å². The van der Waals surface area contributed by atoms with Crippen LogP contribution in [0.1, 0.15) is 18.4 Å². The smallest absolute Gasteiger partial charge is 0.180 e. The summed E-state index contributed by atoms with van der Waals surface area (Å²) in [5.74, 6) is 0. The Balaban J connectivity index is 1.51. The Bertz CT molecular complexity index is 294. The zero-order valence-corrected chi connectivity index (χ0v) is 10.1. The zero-order chi connectivity index (χ0) is 11.8. The lowest BCUT2D eigenvalue weighted by Crippen LogP contribution is -2.31. The molecule has 0 saturated carbocycles. The summed E-state index contributed by atoms with van der Waals surface area (Å²) in [6.45, 7) is 2.65. The summed E-state index contributed by atoms with van der Waals surface area (Å²) in [5, 5.41) is 0. The van der Waals surface area contributed by atoms with E-state index in [0.717, 1.165) is 25.9 Å². The van der Waals surface area contributed by atoms with Gasteiger partial charge in [-0.3, -0.25) is 0 Å². The van der Waals surface area contributed by atoms with Gasteiger partial charge in [0.25, 0.3) is 0 Å². The Kier molecular flexibility index (Phi) is 5.49. The fourth-order valence-corrected chi connectivity index (χ4v) is 1.85. The van der Waals surface area contributed by atoms with Gasteiger partial charge >= 0.3 is 0 Å². The quantitative estimate of drug-likeness (QED) is 0.710. The lowest BCUT2D eigenvalue weighted by molar-refractivity contribution is -0.211. The third-order valence-electron chi connectivity index (χ3n) is 2.79. The van der Waals surface area contributed by atoms with Crippen molar-refractivity contribution in [3.8, 4) is 0 Å². The Labute approximate surface area is 103 Å². The van der Waals surface area contributed by atoms with Gasteiger partial charge in [0.15, 0.2) is 6.29 Å². The van der Waals surface area contributed by atoms with Crippen LogP contribution in [0.5, 0.6) is 0 Å². The van der Waals surface area contributed by atoms with E-state index in [9.17, 15) is 0 Å². The van der Waals surface area contributed by atoms with Crippen molar-refractivity contribution in [1.29, 1.82) is 0 Å². The fourth-order valence-electron chi connectivity index (χ4n) is 1.85. The third-order valence-corrected chi connectivity index (χ3v) is 2.79. The first-order chi connectivity index (χ1) is 8.45. The van der Waals surface area contributed by atoms with Crippen molar-refractivity contribution in [3.63, 3.8) is 0 Å². The molecule has 3 heteroatoms. The molecule has 0 unspecified atom stereocenters. The Morgan fingerprint density at radius 3 is 2.76 bits per heavy atom. The molecule has 94 valence electrons.